The summed E-state index contributed by atoms with van der Waals surface area (Å²) in [5.41, 5.74) is 1.62. The zero-order chi connectivity index (χ0) is 16.1. The Balaban J connectivity index is 2.08. The van der Waals surface area contributed by atoms with Gasteiger partial charge in [0.25, 0.3) is 5.69 Å². The molecular formula is C16H13FN2O3. The Hall–Kier alpha value is -3.02. The molecule has 2 rings (SSSR count). The quantitative estimate of drug-likeness (QED) is 0.531. The molecule has 2 aromatic carbocycles. The zero-order valence-electron chi connectivity index (χ0n) is 11.7. The van der Waals surface area contributed by atoms with Crippen LogP contribution in [0.1, 0.15) is 11.1 Å². The lowest BCUT2D eigenvalue weighted by atomic mass is 10.2. The maximum absolute atomic E-state index is 13.0. The van der Waals surface area contributed by atoms with Gasteiger partial charge in [0.15, 0.2) is 0 Å². The van der Waals surface area contributed by atoms with E-state index in [1.54, 1.807) is 19.1 Å². The standard InChI is InChI=1S/C16H13FN2O3/c1-11-9-13(17)6-7-15(11)18-16(20)8-5-12-3-2-4-14(10-12)19(21)22/h2-10H,1H3,(H,18,20). The second kappa shape index (κ2) is 6.62. The van der Waals surface area contributed by atoms with Gasteiger partial charge in [0.2, 0.25) is 5.91 Å². The topological polar surface area (TPSA) is 72.2 Å². The Labute approximate surface area is 126 Å². The summed E-state index contributed by atoms with van der Waals surface area (Å²) in [7, 11) is 0. The number of carbonyl (C=O) groups excluding carboxylic acids is 1. The number of benzene rings is 2. The summed E-state index contributed by atoms with van der Waals surface area (Å²) in [5.74, 6) is -0.774. The number of aryl methyl sites for hydroxylation is 1. The van der Waals surface area contributed by atoms with Gasteiger partial charge in [-0.05, 0) is 42.3 Å². The van der Waals surface area contributed by atoms with Gasteiger partial charge in [-0.2, -0.15) is 0 Å². The lowest BCUT2D eigenvalue weighted by Crippen LogP contribution is -2.09. The van der Waals surface area contributed by atoms with Crippen LogP contribution in [0, 0.1) is 22.9 Å². The van der Waals surface area contributed by atoms with Crippen molar-refractivity contribution in [3.05, 3.63) is 75.6 Å². The van der Waals surface area contributed by atoms with E-state index in [-0.39, 0.29) is 11.5 Å². The van der Waals surface area contributed by atoms with Crippen molar-refractivity contribution in [1.29, 1.82) is 0 Å². The van der Waals surface area contributed by atoms with Crippen LogP contribution in [0.4, 0.5) is 15.8 Å². The van der Waals surface area contributed by atoms with Gasteiger partial charge in [-0.1, -0.05) is 12.1 Å². The number of nitro benzene ring substituents is 1. The molecule has 0 aliphatic carbocycles. The summed E-state index contributed by atoms with van der Waals surface area (Å²) in [5, 5.41) is 13.3. The molecule has 0 radical (unpaired) electrons. The normalized spacial score (nSPS) is 10.6. The first-order valence-corrected chi connectivity index (χ1v) is 6.45. The lowest BCUT2D eigenvalue weighted by Gasteiger charge is -2.05. The molecule has 1 N–H and O–H groups in total. The lowest BCUT2D eigenvalue weighted by molar-refractivity contribution is -0.384. The van der Waals surface area contributed by atoms with Crippen molar-refractivity contribution in [2.75, 3.05) is 5.32 Å². The molecule has 0 saturated carbocycles. The predicted molar refractivity (Wildman–Crippen MR) is 81.9 cm³/mol. The molecule has 0 aliphatic rings. The van der Waals surface area contributed by atoms with Gasteiger partial charge >= 0.3 is 0 Å². The molecule has 0 bridgehead atoms. The number of anilines is 1. The van der Waals surface area contributed by atoms with Crippen molar-refractivity contribution in [3.8, 4) is 0 Å². The van der Waals surface area contributed by atoms with Crippen molar-refractivity contribution < 1.29 is 14.1 Å². The van der Waals surface area contributed by atoms with Crippen molar-refractivity contribution in [2.45, 2.75) is 6.92 Å². The van der Waals surface area contributed by atoms with Crippen molar-refractivity contribution in [1.82, 2.24) is 0 Å². The minimum atomic E-state index is -0.501. The molecule has 1 amide bonds. The predicted octanol–water partition coefficient (Wildman–Crippen LogP) is 3.69. The minimum absolute atomic E-state index is 0.0445. The van der Waals surface area contributed by atoms with Gasteiger partial charge in [0, 0.05) is 23.9 Å². The molecular weight excluding hydrogens is 287 g/mol. The van der Waals surface area contributed by atoms with Crippen LogP contribution in [-0.4, -0.2) is 10.8 Å². The van der Waals surface area contributed by atoms with Crippen molar-refractivity contribution in [2.24, 2.45) is 0 Å². The molecule has 0 saturated heterocycles. The maximum atomic E-state index is 13.0. The summed E-state index contributed by atoms with van der Waals surface area (Å²) in [6.07, 6.45) is 2.74. The fourth-order valence-corrected chi connectivity index (χ4v) is 1.86. The van der Waals surface area contributed by atoms with Crippen LogP contribution in [0.2, 0.25) is 0 Å². The summed E-state index contributed by atoms with van der Waals surface area (Å²) >= 11 is 0. The zero-order valence-corrected chi connectivity index (χ0v) is 11.7. The molecule has 0 aromatic heterocycles. The van der Waals surface area contributed by atoms with Gasteiger partial charge in [-0.15, -0.1) is 0 Å². The molecule has 2 aromatic rings. The fraction of sp³-hybridized carbons (Fsp3) is 0.0625. The Kier molecular flexibility index (Phi) is 4.63. The average molecular weight is 300 g/mol. The van der Waals surface area contributed by atoms with Gasteiger partial charge in [-0.25, -0.2) is 4.39 Å². The highest BCUT2D eigenvalue weighted by Gasteiger charge is 2.05. The van der Waals surface area contributed by atoms with E-state index in [4.69, 9.17) is 0 Å². The molecule has 0 aliphatic heterocycles. The largest absolute Gasteiger partial charge is 0.322 e. The van der Waals surface area contributed by atoms with E-state index in [9.17, 15) is 19.3 Å². The number of hydrogen-bond acceptors (Lipinski definition) is 3. The van der Waals surface area contributed by atoms with Crippen LogP contribution in [0.15, 0.2) is 48.5 Å². The number of halogens is 1. The van der Waals surface area contributed by atoms with Gasteiger partial charge < -0.3 is 5.32 Å². The summed E-state index contributed by atoms with van der Waals surface area (Å²) in [6, 6.07) is 9.99. The molecule has 5 nitrogen and oxygen atoms in total. The number of nitro groups is 1. The Morgan fingerprint density at radius 2 is 2.05 bits per heavy atom. The number of non-ortho nitro benzene ring substituents is 1. The van der Waals surface area contributed by atoms with Crippen LogP contribution in [0.5, 0.6) is 0 Å². The first kappa shape index (κ1) is 15.4. The highest BCUT2D eigenvalue weighted by Crippen LogP contribution is 2.16. The van der Waals surface area contributed by atoms with Crippen LogP contribution < -0.4 is 5.32 Å². The molecule has 0 atom stereocenters. The SMILES string of the molecule is Cc1cc(F)ccc1NC(=O)C=Cc1cccc([N+](=O)[O-])c1. The van der Waals surface area contributed by atoms with Gasteiger partial charge in [0.1, 0.15) is 5.82 Å². The van der Waals surface area contributed by atoms with Crippen molar-refractivity contribution >= 4 is 23.4 Å². The summed E-state index contributed by atoms with van der Waals surface area (Å²) in [4.78, 5) is 22.0. The van der Waals surface area contributed by atoms with Crippen LogP contribution in [0.25, 0.3) is 6.08 Å². The number of amides is 1. The Bertz CT molecular complexity index is 757. The highest BCUT2D eigenvalue weighted by atomic mass is 19.1. The molecule has 0 heterocycles. The third-order valence-electron chi connectivity index (χ3n) is 2.95. The highest BCUT2D eigenvalue weighted by molar-refractivity contribution is 6.02. The van der Waals surface area contributed by atoms with E-state index in [2.05, 4.69) is 5.32 Å². The molecule has 0 spiro atoms. The van der Waals surface area contributed by atoms with E-state index in [0.717, 1.165) is 0 Å². The first-order valence-electron chi connectivity index (χ1n) is 6.45. The number of nitrogens with one attached hydrogen (secondary N) is 1. The fourth-order valence-electron chi connectivity index (χ4n) is 1.86. The summed E-state index contributed by atoms with van der Waals surface area (Å²) < 4.78 is 13.0. The first-order chi connectivity index (χ1) is 10.5. The van der Waals surface area contributed by atoms with E-state index in [1.165, 1.54) is 42.5 Å². The maximum Gasteiger partial charge on any atom is 0.270 e. The number of carbonyl (C=O) groups is 1. The Morgan fingerprint density at radius 1 is 1.27 bits per heavy atom. The number of hydrogen-bond donors (Lipinski definition) is 1. The van der Waals surface area contributed by atoms with E-state index in [0.29, 0.717) is 16.8 Å². The number of nitrogens with zero attached hydrogens (tertiary/aromatic N) is 1. The second-order valence-electron chi connectivity index (χ2n) is 4.63. The van der Waals surface area contributed by atoms with Crippen molar-refractivity contribution in [3.63, 3.8) is 0 Å². The molecule has 0 unspecified atom stereocenters. The van der Waals surface area contributed by atoms with Crippen LogP contribution >= 0.6 is 0 Å². The molecule has 22 heavy (non-hydrogen) atoms. The van der Waals surface area contributed by atoms with E-state index >= 15 is 0 Å². The van der Waals surface area contributed by atoms with Crippen LogP contribution in [0.3, 0.4) is 0 Å². The van der Waals surface area contributed by atoms with Gasteiger partial charge in [-0.3, -0.25) is 14.9 Å². The average Bonchev–Trinajstić information content (AvgIpc) is 2.48. The van der Waals surface area contributed by atoms with Gasteiger partial charge in [0.05, 0.1) is 4.92 Å². The van der Waals surface area contributed by atoms with E-state index in [1.807, 2.05) is 0 Å². The smallest absolute Gasteiger partial charge is 0.270 e. The van der Waals surface area contributed by atoms with E-state index < -0.39 is 10.8 Å². The third kappa shape index (κ3) is 3.99. The van der Waals surface area contributed by atoms with Crippen LogP contribution in [-0.2, 0) is 4.79 Å². The summed E-state index contributed by atoms with van der Waals surface area (Å²) in [6.45, 7) is 1.68. The monoisotopic (exact) mass is 300 g/mol. The molecule has 6 heteroatoms. The second-order valence-corrected chi connectivity index (χ2v) is 4.63. The third-order valence-corrected chi connectivity index (χ3v) is 2.95. The minimum Gasteiger partial charge on any atom is -0.322 e. The molecule has 112 valence electrons. The molecule has 0 fully saturated rings. The number of rotatable bonds is 4. The Morgan fingerprint density at radius 3 is 2.73 bits per heavy atom.